The van der Waals surface area contributed by atoms with Gasteiger partial charge in [-0.15, -0.1) is 0 Å². The fourth-order valence-electron chi connectivity index (χ4n) is 3.66. The standard InChI is InChI=1S/C21H22N4O5S/c1-14-6-2-3-11-25(14)31(28,29)18-10-5-8-16(13-18)20(26)22-17-9-4-7-15(12-17)19-23-21(27)30-24-19/h4-5,7-10,12-14H,2-3,6,11H2,1H3,(H,22,26)(H,23,24,27). The number of carbonyl (C=O) groups excluding carboxylic acids is 1. The lowest BCUT2D eigenvalue weighted by Gasteiger charge is -2.32. The van der Waals surface area contributed by atoms with Gasteiger partial charge in [0.25, 0.3) is 5.91 Å². The Morgan fingerprint density at radius 1 is 1.19 bits per heavy atom. The van der Waals surface area contributed by atoms with Gasteiger partial charge in [0.2, 0.25) is 10.0 Å². The molecule has 1 aliphatic heterocycles. The fourth-order valence-corrected chi connectivity index (χ4v) is 5.41. The fraction of sp³-hybridized carbons (Fsp3) is 0.286. The Kier molecular flexibility index (Phi) is 5.75. The van der Waals surface area contributed by atoms with E-state index in [-0.39, 0.29) is 22.3 Å². The summed E-state index contributed by atoms with van der Waals surface area (Å²) in [5.41, 5.74) is 1.24. The van der Waals surface area contributed by atoms with Gasteiger partial charge in [-0.2, -0.15) is 4.31 Å². The van der Waals surface area contributed by atoms with Crippen LogP contribution in [-0.4, -0.2) is 41.4 Å². The van der Waals surface area contributed by atoms with Crippen molar-refractivity contribution in [2.45, 2.75) is 37.1 Å². The summed E-state index contributed by atoms with van der Waals surface area (Å²) in [5.74, 6) is -0.884. The van der Waals surface area contributed by atoms with E-state index in [1.54, 1.807) is 36.4 Å². The molecule has 9 nitrogen and oxygen atoms in total. The summed E-state index contributed by atoms with van der Waals surface area (Å²) in [6, 6.07) is 12.7. The molecule has 1 atom stereocenters. The molecule has 162 valence electrons. The van der Waals surface area contributed by atoms with Crippen LogP contribution in [0.1, 0.15) is 36.5 Å². The molecule has 1 aromatic heterocycles. The highest BCUT2D eigenvalue weighted by atomic mass is 32.2. The van der Waals surface area contributed by atoms with Crippen molar-refractivity contribution in [2.24, 2.45) is 0 Å². The van der Waals surface area contributed by atoms with E-state index < -0.39 is 21.7 Å². The molecule has 1 saturated heterocycles. The highest BCUT2D eigenvalue weighted by molar-refractivity contribution is 7.89. The summed E-state index contributed by atoms with van der Waals surface area (Å²) >= 11 is 0. The SMILES string of the molecule is CC1CCCCN1S(=O)(=O)c1cccc(C(=O)Nc2cccc(-c3noc(=O)[nH]3)c2)c1. The summed E-state index contributed by atoms with van der Waals surface area (Å²) < 4.78 is 32.2. The highest BCUT2D eigenvalue weighted by Gasteiger charge is 2.31. The molecule has 1 amide bonds. The van der Waals surface area contributed by atoms with Crippen molar-refractivity contribution in [2.75, 3.05) is 11.9 Å². The summed E-state index contributed by atoms with van der Waals surface area (Å²) in [7, 11) is -3.68. The summed E-state index contributed by atoms with van der Waals surface area (Å²) in [4.78, 5) is 26.5. The molecule has 0 spiro atoms. The lowest BCUT2D eigenvalue weighted by Crippen LogP contribution is -2.41. The number of hydrogen-bond acceptors (Lipinski definition) is 6. The average molecular weight is 442 g/mol. The first-order valence-corrected chi connectivity index (χ1v) is 11.4. The Hall–Kier alpha value is -3.24. The van der Waals surface area contributed by atoms with Crippen LogP contribution in [0.2, 0.25) is 0 Å². The van der Waals surface area contributed by atoms with Crippen LogP contribution >= 0.6 is 0 Å². The quantitative estimate of drug-likeness (QED) is 0.626. The minimum Gasteiger partial charge on any atom is -0.322 e. The molecule has 0 radical (unpaired) electrons. The third-order valence-electron chi connectivity index (χ3n) is 5.28. The number of amides is 1. The number of piperidine rings is 1. The van der Waals surface area contributed by atoms with Gasteiger partial charge in [0, 0.05) is 29.4 Å². The molecule has 1 fully saturated rings. The zero-order valence-electron chi connectivity index (χ0n) is 16.9. The Bertz CT molecular complexity index is 1260. The van der Waals surface area contributed by atoms with Gasteiger partial charge in [-0.05, 0) is 50.1 Å². The molecule has 0 bridgehead atoms. The Labute approximate surface area is 179 Å². The number of nitrogens with zero attached hydrogens (tertiary/aromatic N) is 2. The smallest absolute Gasteiger partial charge is 0.322 e. The number of benzene rings is 2. The van der Waals surface area contributed by atoms with Crippen LogP contribution in [0.4, 0.5) is 5.69 Å². The van der Waals surface area contributed by atoms with Crippen molar-refractivity contribution in [3.63, 3.8) is 0 Å². The Morgan fingerprint density at radius 3 is 2.74 bits per heavy atom. The topological polar surface area (TPSA) is 125 Å². The number of H-pyrrole nitrogens is 1. The molecule has 1 unspecified atom stereocenters. The molecule has 0 aliphatic carbocycles. The molecule has 2 N–H and O–H groups in total. The Morgan fingerprint density at radius 2 is 2.00 bits per heavy atom. The highest BCUT2D eigenvalue weighted by Crippen LogP contribution is 2.26. The number of aromatic nitrogens is 2. The van der Waals surface area contributed by atoms with E-state index >= 15 is 0 Å². The molecule has 0 saturated carbocycles. The van der Waals surface area contributed by atoms with Gasteiger partial charge in [-0.3, -0.25) is 14.3 Å². The van der Waals surface area contributed by atoms with E-state index in [0.29, 0.717) is 17.8 Å². The van der Waals surface area contributed by atoms with Gasteiger partial charge in [0.15, 0.2) is 5.82 Å². The first-order chi connectivity index (χ1) is 14.8. The van der Waals surface area contributed by atoms with Crippen LogP contribution in [0.5, 0.6) is 0 Å². The minimum atomic E-state index is -3.68. The van der Waals surface area contributed by atoms with E-state index in [2.05, 4.69) is 20.0 Å². The van der Waals surface area contributed by atoms with Gasteiger partial charge in [0.05, 0.1) is 4.90 Å². The van der Waals surface area contributed by atoms with Crippen LogP contribution in [0.25, 0.3) is 11.4 Å². The predicted octanol–water partition coefficient (Wildman–Crippen LogP) is 2.85. The monoisotopic (exact) mass is 442 g/mol. The van der Waals surface area contributed by atoms with E-state index in [1.807, 2.05) is 6.92 Å². The van der Waals surface area contributed by atoms with Gasteiger partial charge in [-0.25, -0.2) is 13.2 Å². The molecule has 2 aromatic carbocycles. The zero-order valence-corrected chi connectivity index (χ0v) is 17.7. The third kappa shape index (κ3) is 4.44. The second kappa shape index (κ2) is 8.48. The number of aromatic amines is 1. The number of carbonyl (C=O) groups is 1. The van der Waals surface area contributed by atoms with Gasteiger partial charge < -0.3 is 5.32 Å². The summed E-state index contributed by atoms with van der Waals surface area (Å²) in [6.45, 7) is 2.39. The normalized spacial score (nSPS) is 17.4. The number of sulfonamides is 1. The summed E-state index contributed by atoms with van der Waals surface area (Å²) in [6.07, 6.45) is 2.67. The van der Waals surface area contributed by atoms with Crippen LogP contribution in [0, 0.1) is 0 Å². The van der Waals surface area contributed by atoms with Gasteiger partial charge in [0.1, 0.15) is 0 Å². The molecule has 10 heteroatoms. The largest absolute Gasteiger partial charge is 0.439 e. The zero-order chi connectivity index (χ0) is 22.0. The maximum atomic E-state index is 13.1. The second-order valence-corrected chi connectivity index (χ2v) is 9.36. The molecule has 31 heavy (non-hydrogen) atoms. The number of hydrogen-bond donors (Lipinski definition) is 2. The molecule has 1 aliphatic rings. The minimum absolute atomic E-state index is 0.0676. The van der Waals surface area contributed by atoms with E-state index in [4.69, 9.17) is 0 Å². The molecule has 4 rings (SSSR count). The first-order valence-electron chi connectivity index (χ1n) is 9.94. The predicted molar refractivity (Wildman–Crippen MR) is 114 cm³/mol. The lowest BCUT2D eigenvalue weighted by atomic mass is 10.1. The van der Waals surface area contributed by atoms with Gasteiger partial charge >= 0.3 is 5.76 Å². The number of rotatable bonds is 5. The van der Waals surface area contributed by atoms with Crippen LogP contribution in [0.15, 0.2) is 62.7 Å². The van der Waals surface area contributed by atoms with Gasteiger partial charge in [-0.1, -0.05) is 29.8 Å². The molecular weight excluding hydrogens is 420 g/mol. The molecule has 3 aromatic rings. The third-order valence-corrected chi connectivity index (χ3v) is 7.29. The molecular formula is C21H22N4O5S. The first kappa shape index (κ1) is 21.0. The van der Waals surface area contributed by atoms with Crippen molar-refractivity contribution in [3.05, 3.63) is 64.6 Å². The van der Waals surface area contributed by atoms with Crippen molar-refractivity contribution >= 4 is 21.6 Å². The number of anilines is 1. The average Bonchev–Trinajstić information content (AvgIpc) is 3.20. The van der Waals surface area contributed by atoms with Crippen molar-refractivity contribution in [1.82, 2.24) is 14.4 Å². The summed E-state index contributed by atoms with van der Waals surface area (Å²) in [5, 5.41) is 6.37. The molecule has 2 heterocycles. The maximum absolute atomic E-state index is 13.1. The van der Waals surface area contributed by atoms with E-state index in [1.165, 1.54) is 16.4 Å². The lowest BCUT2D eigenvalue weighted by molar-refractivity contribution is 0.102. The second-order valence-electron chi connectivity index (χ2n) is 7.47. The van der Waals surface area contributed by atoms with Crippen LogP contribution < -0.4 is 11.1 Å². The Balaban J connectivity index is 1.56. The van der Waals surface area contributed by atoms with Crippen LogP contribution in [-0.2, 0) is 10.0 Å². The van der Waals surface area contributed by atoms with Crippen molar-refractivity contribution in [3.8, 4) is 11.4 Å². The van der Waals surface area contributed by atoms with E-state index in [9.17, 15) is 18.0 Å². The maximum Gasteiger partial charge on any atom is 0.439 e. The number of nitrogens with one attached hydrogen (secondary N) is 2. The van der Waals surface area contributed by atoms with Crippen molar-refractivity contribution < 1.29 is 17.7 Å². The van der Waals surface area contributed by atoms with Crippen LogP contribution in [0.3, 0.4) is 0 Å². The van der Waals surface area contributed by atoms with Crippen molar-refractivity contribution in [1.29, 1.82) is 0 Å². The van der Waals surface area contributed by atoms with E-state index in [0.717, 1.165) is 19.3 Å².